The molecule has 1 aliphatic heterocycles. The van der Waals surface area contributed by atoms with E-state index < -0.39 is 31.7 Å². The normalized spacial score (nSPS) is 26.2. The molecule has 5 unspecified atom stereocenters. The first-order valence-corrected chi connectivity index (χ1v) is 12.5. The molecular formula is C21H30N7O6P. The zero-order valence-electron chi connectivity index (χ0n) is 19.9. The lowest BCUT2D eigenvalue weighted by Gasteiger charge is -2.28. The molecule has 2 aromatic heterocycles. The van der Waals surface area contributed by atoms with Crippen molar-refractivity contribution in [3.05, 3.63) is 36.7 Å². The van der Waals surface area contributed by atoms with E-state index in [0.717, 1.165) is 0 Å². The van der Waals surface area contributed by atoms with E-state index in [2.05, 4.69) is 20.0 Å². The molecule has 0 spiro atoms. The van der Waals surface area contributed by atoms with Gasteiger partial charge in [0.25, 0.3) is 0 Å². The van der Waals surface area contributed by atoms with Crippen LogP contribution < -0.4 is 25.8 Å². The van der Waals surface area contributed by atoms with Gasteiger partial charge in [0.05, 0.1) is 25.6 Å². The Morgan fingerprint density at radius 2 is 2.03 bits per heavy atom. The van der Waals surface area contributed by atoms with Gasteiger partial charge in [0.15, 0.2) is 17.4 Å². The summed E-state index contributed by atoms with van der Waals surface area (Å²) in [6.07, 6.45) is -1.57. The van der Waals surface area contributed by atoms with Crippen LogP contribution in [0.3, 0.4) is 0 Å². The summed E-state index contributed by atoms with van der Waals surface area (Å²) in [5.74, 6) is 0.545. The van der Waals surface area contributed by atoms with E-state index in [1.54, 1.807) is 35.8 Å². The standard InChI is InChI=1S/C21H30N7O6P/c1-12(2)27-35(30,34-13-8-6-5-7-9-13)32-10-14-16(29)21(3,23)19(33-14)28-11-24-15-17(28)25-20(22)26-18(15)31-4/h5-9,11-12,14,16,19,29H,10,23H2,1-4H3,(H,27,30)(H2,22,25,26). The van der Waals surface area contributed by atoms with E-state index >= 15 is 0 Å². The van der Waals surface area contributed by atoms with E-state index in [4.69, 9.17) is 30.0 Å². The first kappa shape index (κ1) is 25.3. The van der Waals surface area contributed by atoms with Crippen LogP contribution in [0.1, 0.15) is 27.0 Å². The number of imidazole rings is 1. The summed E-state index contributed by atoms with van der Waals surface area (Å²) in [5.41, 5.74) is 11.7. The second-order valence-corrected chi connectivity index (χ2v) is 10.4. The van der Waals surface area contributed by atoms with E-state index in [0.29, 0.717) is 16.9 Å². The number of benzene rings is 1. The average Bonchev–Trinajstić information content (AvgIpc) is 3.30. The van der Waals surface area contributed by atoms with Gasteiger partial charge in [0, 0.05) is 6.04 Å². The Balaban J connectivity index is 1.57. The van der Waals surface area contributed by atoms with Crippen LogP contribution in [0, 0.1) is 0 Å². The van der Waals surface area contributed by atoms with Gasteiger partial charge in [-0.2, -0.15) is 9.97 Å². The third-order valence-corrected chi connectivity index (χ3v) is 7.24. The molecule has 0 radical (unpaired) electrons. The third kappa shape index (κ3) is 5.10. The number of aromatic nitrogens is 4. The highest BCUT2D eigenvalue weighted by Crippen LogP contribution is 2.46. The maximum absolute atomic E-state index is 13.4. The van der Waals surface area contributed by atoms with Gasteiger partial charge in [-0.3, -0.25) is 9.09 Å². The zero-order valence-corrected chi connectivity index (χ0v) is 20.8. The average molecular weight is 507 g/mol. The predicted molar refractivity (Wildman–Crippen MR) is 128 cm³/mol. The van der Waals surface area contributed by atoms with Crippen molar-refractivity contribution >= 4 is 24.9 Å². The fourth-order valence-electron chi connectivity index (χ4n) is 3.85. The Hall–Kier alpha value is -2.80. The fraction of sp³-hybridized carbons (Fsp3) is 0.476. The Morgan fingerprint density at radius 3 is 2.69 bits per heavy atom. The van der Waals surface area contributed by atoms with Crippen LogP contribution in [-0.2, 0) is 13.8 Å². The van der Waals surface area contributed by atoms with Crippen LogP contribution in [-0.4, -0.2) is 62.1 Å². The van der Waals surface area contributed by atoms with Crippen molar-refractivity contribution in [2.75, 3.05) is 19.5 Å². The summed E-state index contributed by atoms with van der Waals surface area (Å²) in [4.78, 5) is 12.5. The van der Waals surface area contributed by atoms with Gasteiger partial charge < -0.3 is 30.6 Å². The number of anilines is 1. The number of para-hydroxylation sites is 1. The second kappa shape index (κ2) is 9.69. The van der Waals surface area contributed by atoms with Gasteiger partial charge in [0.2, 0.25) is 11.8 Å². The van der Waals surface area contributed by atoms with Gasteiger partial charge in [0.1, 0.15) is 18.0 Å². The molecule has 6 N–H and O–H groups in total. The molecule has 14 heteroatoms. The zero-order chi connectivity index (χ0) is 25.4. The molecular weight excluding hydrogens is 477 g/mol. The Labute approximate surface area is 202 Å². The predicted octanol–water partition coefficient (Wildman–Crippen LogP) is 1.59. The molecule has 3 aromatic rings. The number of nitrogen functional groups attached to an aromatic ring is 1. The molecule has 1 saturated heterocycles. The first-order chi connectivity index (χ1) is 16.5. The highest BCUT2D eigenvalue weighted by atomic mass is 31.2. The lowest BCUT2D eigenvalue weighted by Crippen LogP contribution is -2.52. The molecule has 13 nitrogen and oxygen atoms in total. The van der Waals surface area contributed by atoms with Crippen LogP contribution in [0.4, 0.5) is 5.95 Å². The number of methoxy groups -OCH3 is 1. The molecule has 0 amide bonds. The topological polar surface area (TPSA) is 182 Å². The van der Waals surface area contributed by atoms with Crippen LogP contribution in [0.2, 0.25) is 0 Å². The minimum absolute atomic E-state index is 0.0213. The maximum atomic E-state index is 13.4. The van der Waals surface area contributed by atoms with Crippen molar-refractivity contribution in [3.8, 4) is 11.6 Å². The number of nitrogens with one attached hydrogen (secondary N) is 1. The summed E-state index contributed by atoms with van der Waals surface area (Å²) in [6.45, 7) is 4.98. The quantitative estimate of drug-likeness (QED) is 0.307. The van der Waals surface area contributed by atoms with Gasteiger partial charge in [-0.15, -0.1) is 0 Å². The Morgan fingerprint density at radius 1 is 1.31 bits per heavy atom. The number of fused-ring (bicyclic) bond motifs is 1. The first-order valence-electron chi connectivity index (χ1n) is 11.0. The van der Waals surface area contributed by atoms with Crippen LogP contribution in [0.25, 0.3) is 11.2 Å². The molecule has 5 atom stereocenters. The van der Waals surface area contributed by atoms with Gasteiger partial charge in [-0.05, 0) is 32.9 Å². The summed E-state index contributed by atoms with van der Waals surface area (Å²) < 4.78 is 37.6. The maximum Gasteiger partial charge on any atom is 0.459 e. The molecule has 1 aliphatic rings. The molecule has 0 bridgehead atoms. The second-order valence-electron chi connectivity index (χ2n) is 8.73. The number of hydrogen-bond acceptors (Lipinski definition) is 11. The van der Waals surface area contributed by atoms with Crippen molar-refractivity contribution in [2.45, 2.75) is 50.8 Å². The van der Waals surface area contributed by atoms with Crippen molar-refractivity contribution < 1.29 is 28.2 Å². The highest BCUT2D eigenvalue weighted by molar-refractivity contribution is 7.52. The van der Waals surface area contributed by atoms with E-state index in [1.807, 2.05) is 19.9 Å². The van der Waals surface area contributed by atoms with Gasteiger partial charge >= 0.3 is 7.75 Å². The number of aliphatic hydroxyl groups is 1. The molecule has 35 heavy (non-hydrogen) atoms. The highest BCUT2D eigenvalue weighted by Gasteiger charge is 2.52. The number of aliphatic hydroxyl groups excluding tert-OH is 1. The Bertz CT molecular complexity index is 1220. The fourth-order valence-corrected chi connectivity index (χ4v) is 5.40. The molecule has 3 heterocycles. The minimum Gasteiger partial charge on any atom is -0.479 e. The summed E-state index contributed by atoms with van der Waals surface area (Å²) in [6, 6.07) is 8.45. The van der Waals surface area contributed by atoms with Crippen LogP contribution in [0.5, 0.6) is 11.6 Å². The number of nitrogens with two attached hydrogens (primary N) is 2. The smallest absolute Gasteiger partial charge is 0.459 e. The van der Waals surface area contributed by atoms with E-state index in [1.165, 1.54) is 13.4 Å². The molecule has 1 aromatic carbocycles. The van der Waals surface area contributed by atoms with E-state index in [9.17, 15) is 9.67 Å². The van der Waals surface area contributed by atoms with Gasteiger partial charge in [-0.1, -0.05) is 18.2 Å². The van der Waals surface area contributed by atoms with Crippen LogP contribution >= 0.6 is 7.75 Å². The number of nitrogens with zero attached hydrogens (tertiary/aromatic N) is 4. The molecule has 0 aliphatic carbocycles. The van der Waals surface area contributed by atoms with Crippen molar-refractivity contribution in [1.29, 1.82) is 0 Å². The summed E-state index contributed by atoms with van der Waals surface area (Å²) in [5, 5.41) is 13.8. The number of rotatable bonds is 9. The Kier molecular flexibility index (Phi) is 7.00. The SMILES string of the molecule is COc1nc(N)nc2c1ncn2C1OC(COP(=O)(NC(C)C)Oc2ccccc2)C(O)C1(C)N. The van der Waals surface area contributed by atoms with Crippen molar-refractivity contribution in [3.63, 3.8) is 0 Å². The third-order valence-electron chi connectivity index (χ3n) is 5.47. The van der Waals surface area contributed by atoms with Crippen LogP contribution in [0.15, 0.2) is 36.7 Å². The monoisotopic (exact) mass is 507 g/mol. The molecule has 1 fully saturated rings. The largest absolute Gasteiger partial charge is 0.479 e. The van der Waals surface area contributed by atoms with Gasteiger partial charge in [-0.25, -0.2) is 14.6 Å². The van der Waals surface area contributed by atoms with E-state index in [-0.39, 0.29) is 24.5 Å². The lowest BCUT2D eigenvalue weighted by atomic mass is 9.93. The lowest BCUT2D eigenvalue weighted by molar-refractivity contribution is -0.0424. The van der Waals surface area contributed by atoms with Crippen molar-refractivity contribution in [2.24, 2.45) is 5.73 Å². The molecule has 4 rings (SSSR count). The summed E-state index contributed by atoms with van der Waals surface area (Å²) in [7, 11) is -2.37. The molecule has 190 valence electrons. The minimum atomic E-state index is -3.81. The number of hydrogen-bond donors (Lipinski definition) is 4. The summed E-state index contributed by atoms with van der Waals surface area (Å²) >= 11 is 0. The molecule has 0 saturated carbocycles. The van der Waals surface area contributed by atoms with Crippen molar-refractivity contribution in [1.82, 2.24) is 24.6 Å². The number of ether oxygens (including phenoxy) is 2.